The number of aliphatic imine (C=N–C) groups is 1. The van der Waals surface area contributed by atoms with Crippen molar-refractivity contribution in [2.45, 2.75) is 38.2 Å². The van der Waals surface area contributed by atoms with Crippen molar-refractivity contribution >= 4 is 53.0 Å². The van der Waals surface area contributed by atoms with Crippen LogP contribution in [-0.2, 0) is 12.7 Å². The molecule has 0 fully saturated rings. The van der Waals surface area contributed by atoms with E-state index in [4.69, 9.17) is 0 Å². The fourth-order valence-corrected chi connectivity index (χ4v) is 2.31. The predicted octanol–water partition coefficient (Wildman–Crippen LogP) is 3.98. The van der Waals surface area contributed by atoms with E-state index in [0.717, 1.165) is 16.7 Å². The Morgan fingerprint density at radius 2 is 2.00 bits per heavy atom. The summed E-state index contributed by atoms with van der Waals surface area (Å²) < 4.78 is 37.5. The minimum Gasteiger partial charge on any atom is -0.357 e. The van der Waals surface area contributed by atoms with Crippen LogP contribution in [0, 0.1) is 0 Å². The zero-order valence-electron chi connectivity index (χ0n) is 13.5. The van der Waals surface area contributed by atoms with Gasteiger partial charge in [0.05, 0.1) is 6.54 Å². The fourth-order valence-electron chi connectivity index (χ4n) is 1.37. The second-order valence-corrected chi connectivity index (χ2v) is 7.59. The van der Waals surface area contributed by atoms with Gasteiger partial charge in [-0.15, -0.1) is 35.3 Å². The number of guanidine groups is 1. The third-order valence-electron chi connectivity index (χ3n) is 2.79. The number of thioether (sulfide) groups is 1. The molecule has 23 heavy (non-hydrogen) atoms. The van der Waals surface area contributed by atoms with Crippen LogP contribution < -0.4 is 10.6 Å². The fraction of sp³-hybridized carbons (Fsp3) is 0.692. The van der Waals surface area contributed by atoms with E-state index >= 15 is 0 Å². The molecule has 0 saturated heterocycles. The average molecular weight is 482 g/mol. The third-order valence-corrected chi connectivity index (χ3v) is 4.88. The van der Waals surface area contributed by atoms with Crippen molar-refractivity contribution in [3.05, 3.63) is 16.1 Å². The molecule has 1 heterocycles. The van der Waals surface area contributed by atoms with Gasteiger partial charge in [-0.2, -0.15) is 24.9 Å². The number of nitrogens with zero attached hydrogens (tertiary/aromatic N) is 2. The summed E-state index contributed by atoms with van der Waals surface area (Å²) in [5, 5.41) is 7.62. The molecule has 0 aromatic carbocycles. The topological polar surface area (TPSA) is 49.3 Å². The molecule has 0 aliphatic carbocycles. The molecule has 0 aliphatic rings. The van der Waals surface area contributed by atoms with Crippen LogP contribution in [0.1, 0.15) is 31.5 Å². The van der Waals surface area contributed by atoms with Crippen LogP contribution in [0.3, 0.4) is 0 Å². The monoisotopic (exact) mass is 482 g/mol. The smallest absolute Gasteiger partial charge is 0.357 e. The van der Waals surface area contributed by atoms with Gasteiger partial charge in [0, 0.05) is 23.2 Å². The van der Waals surface area contributed by atoms with E-state index in [1.807, 2.05) is 13.2 Å². The summed E-state index contributed by atoms with van der Waals surface area (Å²) in [4.78, 5) is 7.85. The van der Waals surface area contributed by atoms with Gasteiger partial charge in [-0.1, -0.05) is 0 Å². The maximum Gasteiger partial charge on any atom is 0.434 e. The van der Waals surface area contributed by atoms with Gasteiger partial charge in [-0.05, 0) is 27.0 Å². The molecule has 0 unspecified atom stereocenters. The van der Waals surface area contributed by atoms with Crippen molar-refractivity contribution in [2.75, 3.05) is 19.3 Å². The van der Waals surface area contributed by atoms with Gasteiger partial charge in [0.2, 0.25) is 0 Å². The first-order valence-electron chi connectivity index (χ1n) is 6.77. The number of alkyl halides is 3. The van der Waals surface area contributed by atoms with Crippen LogP contribution in [0.5, 0.6) is 0 Å². The Kier molecular flexibility index (Phi) is 9.82. The number of thiazole rings is 1. The van der Waals surface area contributed by atoms with Gasteiger partial charge < -0.3 is 10.6 Å². The largest absolute Gasteiger partial charge is 0.434 e. The van der Waals surface area contributed by atoms with Crippen molar-refractivity contribution in [2.24, 2.45) is 4.99 Å². The molecule has 0 spiro atoms. The van der Waals surface area contributed by atoms with Crippen LogP contribution in [-0.4, -0.2) is 35.0 Å². The van der Waals surface area contributed by atoms with E-state index < -0.39 is 11.9 Å². The van der Waals surface area contributed by atoms with Crippen LogP contribution in [0.4, 0.5) is 13.2 Å². The van der Waals surface area contributed by atoms with Crippen LogP contribution in [0.15, 0.2) is 10.4 Å². The lowest BCUT2D eigenvalue weighted by atomic mass is 10.2. The molecule has 0 radical (unpaired) electrons. The first-order valence-corrected chi connectivity index (χ1v) is 8.87. The first-order chi connectivity index (χ1) is 10.2. The molecule has 2 N–H and O–H groups in total. The highest BCUT2D eigenvalue weighted by molar-refractivity contribution is 14.0. The molecule has 134 valence electrons. The summed E-state index contributed by atoms with van der Waals surface area (Å²) in [5.74, 6) is 0.577. The van der Waals surface area contributed by atoms with Gasteiger partial charge in [-0.25, -0.2) is 9.98 Å². The van der Waals surface area contributed by atoms with Gasteiger partial charge in [0.1, 0.15) is 5.01 Å². The van der Waals surface area contributed by atoms with E-state index in [2.05, 4.69) is 34.5 Å². The highest BCUT2D eigenvalue weighted by atomic mass is 127. The number of rotatable bonds is 6. The zero-order chi connectivity index (χ0) is 16.8. The highest BCUT2D eigenvalue weighted by Gasteiger charge is 2.33. The van der Waals surface area contributed by atoms with Gasteiger partial charge in [0.15, 0.2) is 11.7 Å². The van der Waals surface area contributed by atoms with E-state index in [-0.39, 0.29) is 35.3 Å². The lowest BCUT2D eigenvalue weighted by Gasteiger charge is -2.23. The van der Waals surface area contributed by atoms with Gasteiger partial charge in [0.25, 0.3) is 0 Å². The van der Waals surface area contributed by atoms with E-state index in [0.29, 0.717) is 24.1 Å². The Hall–Kier alpha value is -0.230. The SMILES string of the molecule is CCNC(=NCc1nc(C(F)(F)F)cs1)NCC(C)(C)SC.I. The van der Waals surface area contributed by atoms with Crippen molar-refractivity contribution < 1.29 is 13.2 Å². The number of nitrogens with one attached hydrogen (secondary N) is 2. The molecule has 0 bridgehead atoms. The van der Waals surface area contributed by atoms with E-state index in [9.17, 15) is 13.2 Å². The van der Waals surface area contributed by atoms with Crippen molar-refractivity contribution in [3.63, 3.8) is 0 Å². The summed E-state index contributed by atoms with van der Waals surface area (Å²) >= 11 is 2.69. The molecule has 0 atom stereocenters. The maximum atomic E-state index is 12.5. The molecule has 1 aromatic rings. The Morgan fingerprint density at radius 3 is 2.48 bits per heavy atom. The van der Waals surface area contributed by atoms with Crippen LogP contribution in [0.2, 0.25) is 0 Å². The minimum absolute atomic E-state index is 0. The molecule has 10 heteroatoms. The summed E-state index contributed by atoms with van der Waals surface area (Å²) in [5.41, 5.74) is -0.857. The molecule has 4 nitrogen and oxygen atoms in total. The Labute approximate surface area is 160 Å². The van der Waals surface area contributed by atoms with Gasteiger partial charge in [-0.3, -0.25) is 0 Å². The number of hydrogen-bond donors (Lipinski definition) is 2. The van der Waals surface area contributed by atoms with Crippen LogP contribution in [0.25, 0.3) is 0 Å². The summed E-state index contributed by atoms with van der Waals surface area (Å²) in [7, 11) is 0. The summed E-state index contributed by atoms with van der Waals surface area (Å²) in [6.45, 7) is 7.63. The van der Waals surface area contributed by atoms with E-state index in [1.54, 1.807) is 11.8 Å². The quantitative estimate of drug-likeness (QED) is 0.366. The van der Waals surface area contributed by atoms with Crippen molar-refractivity contribution in [1.29, 1.82) is 0 Å². The van der Waals surface area contributed by atoms with Crippen LogP contribution >= 0.6 is 47.1 Å². The maximum absolute atomic E-state index is 12.5. The first kappa shape index (κ1) is 22.8. The van der Waals surface area contributed by atoms with Crippen molar-refractivity contribution in [3.8, 4) is 0 Å². The minimum atomic E-state index is -4.40. The third kappa shape index (κ3) is 8.43. The second kappa shape index (κ2) is 9.92. The number of halogens is 4. The molecule has 0 aliphatic heterocycles. The molecular formula is C13H22F3IN4S2. The highest BCUT2D eigenvalue weighted by Crippen LogP contribution is 2.30. The predicted molar refractivity (Wildman–Crippen MR) is 103 cm³/mol. The number of aromatic nitrogens is 1. The Morgan fingerprint density at radius 1 is 1.35 bits per heavy atom. The van der Waals surface area contributed by atoms with Gasteiger partial charge >= 0.3 is 6.18 Å². The standard InChI is InChI=1S/C13H21F3N4S2.HI/c1-5-17-11(19-8-12(2,3)21-4)18-6-10-20-9(7-22-10)13(14,15)16;/h7H,5-6,8H2,1-4H3,(H2,17,18,19);1H. The molecule has 1 aromatic heterocycles. The molecular weight excluding hydrogens is 460 g/mol. The zero-order valence-corrected chi connectivity index (χ0v) is 17.4. The molecule has 0 saturated carbocycles. The normalized spacial score (nSPS) is 12.7. The van der Waals surface area contributed by atoms with Crippen molar-refractivity contribution in [1.82, 2.24) is 15.6 Å². The van der Waals surface area contributed by atoms with E-state index in [1.165, 1.54) is 0 Å². The summed E-state index contributed by atoms with van der Waals surface area (Å²) in [6, 6.07) is 0. The lowest BCUT2D eigenvalue weighted by Crippen LogP contribution is -2.43. The molecule has 1 rings (SSSR count). The average Bonchev–Trinajstić information content (AvgIpc) is 2.91. The lowest BCUT2D eigenvalue weighted by molar-refractivity contribution is -0.140. The Bertz CT molecular complexity index is 504. The Balaban J connectivity index is 0.00000484. The second-order valence-electron chi connectivity index (χ2n) is 5.14. The summed E-state index contributed by atoms with van der Waals surface area (Å²) in [6.07, 6.45) is -2.37. The number of hydrogen-bond acceptors (Lipinski definition) is 4. The molecule has 0 amide bonds.